The van der Waals surface area contributed by atoms with E-state index in [-0.39, 0.29) is 29.9 Å². The number of rotatable bonds is 8. The molecule has 1 aromatic heterocycles. The molecule has 1 amide bonds. The first-order valence-electron chi connectivity index (χ1n) is 12.2. The zero-order chi connectivity index (χ0) is 27.4. The molecule has 1 aromatic carbocycles. The summed E-state index contributed by atoms with van der Waals surface area (Å²) in [5, 5.41) is 9.99. The first-order valence-corrected chi connectivity index (χ1v) is 12.2. The van der Waals surface area contributed by atoms with Gasteiger partial charge in [0.05, 0.1) is 17.9 Å². The highest BCUT2D eigenvalue weighted by molar-refractivity contribution is 5.87. The summed E-state index contributed by atoms with van der Waals surface area (Å²) >= 11 is 0. The van der Waals surface area contributed by atoms with Crippen molar-refractivity contribution in [3.05, 3.63) is 42.1 Å². The van der Waals surface area contributed by atoms with Gasteiger partial charge in [0.2, 0.25) is 5.91 Å². The number of hydrogen-bond donors (Lipinski definition) is 1. The number of hydrogen-bond acceptors (Lipinski definition) is 9. The van der Waals surface area contributed by atoms with E-state index >= 15 is 0 Å². The largest absolute Gasteiger partial charge is 0.573 e. The number of fused-ring (bicyclic) bond motifs is 1. The van der Waals surface area contributed by atoms with E-state index in [1.807, 2.05) is 19.0 Å². The van der Waals surface area contributed by atoms with Crippen LogP contribution in [0.1, 0.15) is 11.3 Å². The number of phenols is 1. The minimum atomic E-state index is -4.88. The average molecular weight is 537 g/mol. The lowest BCUT2D eigenvalue weighted by atomic mass is 10.0. The van der Waals surface area contributed by atoms with Gasteiger partial charge < -0.3 is 34.2 Å². The summed E-state index contributed by atoms with van der Waals surface area (Å²) in [6.45, 7) is 7.20. The number of piperazine rings is 1. The van der Waals surface area contributed by atoms with Crippen LogP contribution in [0.15, 0.2) is 30.9 Å². The Labute approximate surface area is 218 Å². The van der Waals surface area contributed by atoms with Crippen molar-refractivity contribution in [2.45, 2.75) is 19.3 Å². The van der Waals surface area contributed by atoms with Gasteiger partial charge in [-0.15, -0.1) is 13.2 Å². The highest BCUT2D eigenvalue weighted by Crippen LogP contribution is 2.39. The Morgan fingerprint density at radius 1 is 1.16 bits per heavy atom. The molecule has 4 rings (SSSR count). The topological polar surface area (TPSA) is 94.5 Å². The van der Waals surface area contributed by atoms with E-state index in [2.05, 4.69) is 21.2 Å². The number of ether oxygens (including phenoxy) is 2. The molecule has 2 aliphatic rings. The Morgan fingerprint density at radius 3 is 2.55 bits per heavy atom. The Kier molecular flexibility index (Phi) is 8.14. The van der Waals surface area contributed by atoms with Crippen molar-refractivity contribution in [2.24, 2.45) is 0 Å². The van der Waals surface area contributed by atoms with Gasteiger partial charge in [0.15, 0.2) is 5.75 Å². The monoisotopic (exact) mass is 536 g/mol. The van der Waals surface area contributed by atoms with E-state index in [1.54, 1.807) is 9.80 Å². The summed E-state index contributed by atoms with van der Waals surface area (Å²) < 4.78 is 49.2. The average Bonchev–Trinajstić information content (AvgIpc) is 2.87. The van der Waals surface area contributed by atoms with Crippen molar-refractivity contribution >= 4 is 17.4 Å². The van der Waals surface area contributed by atoms with Crippen LogP contribution in [0.4, 0.5) is 24.7 Å². The van der Waals surface area contributed by atoms with Crippen molar-refractivity contribution in [2.75, 3.05) is 69.8 Å². The summed E-state index contributed by atoms with van der Waals surface area (Å²) in [7, 11) is 3.83. The molecule has 0 atom stereocenters. The molecule has 0 aliphatic carbocycles. The van der Waals surface area contributed by atoms with Gasteiger partial charge in [0.25, 0.3) is 0 Å². The summed E-state index contributed by atoms with van der Waals surface area (Å²) in [6.07, 6.45) is -3.13. The third-order valence-electron chi connectivity index (χ3n) is 6.37. The summed E-state index contributed by atoms with van der Waals surface area (Å²) in [5.41, 5.74) is 1.61. The number of carbonyl (C=O) groups excluding carboxylic acids is 1. The fourth-order valence-electron chi connectivity index (χ4n) is 4.47. The van der Waals surface area contributed by atoms with Crippen LogP contribution in [0.5, 0.6) is 17.5 Å². The number of amides is 1. The molecule has 0 unspecified atom stereocenters. The smallest absolute Gasteiger partial charge is 0.508 e. The van der Waals surface area contributed by atoms with E-state index in [0.717, 1.165) is 17.7 Å². The van der Waals surface area contributed by atoms with Crippen LogP contribution < -0.4 is 19.3 Å². The Balaban J connectivity index is 1.63. The maximum Gasteiger partial charge on any atom is 0.573 e. The number of aromatic nitrogens is 2. The fourth-order valence-corrected chi connectivity index (χ4v) is 4.47. The van der Waals surface area contributed by atoms with Gasteiger partial charge in [0, 0.05) is 50.9 Å². The standard InChI is InChI=1S/C25H31F3N6O4/c1-4-22(36)32-9-11-33(12-10-32)23-18-7-8-34(16-19(18)29-24(30-23)37-14-13-31(2)3)20-15-17(35)5-6-21(20)38-25(26,27)28/h4-6,15,35H,1,7-14,16H2,2-3H3. The van der Waals surface area contributed by atoms with Crippen LogP contribution in [0, 0.1) is 0 Å². The molecule has 2 aliphatic heterocycles. The second kappa shape index (κ2) is 11.3. The lowest BCUT2D eigenvalue weighted by Crippen LogP contribution is -2.49. The van der Waals surface area contributed by atoms with Crippen LogP contribution in [0.2, 0.25) is 0 Å². The molecule has 0 radical (unpaired) electrons. The molecule has 206 valence electrons. The lowest BCUT2D eigenvalue weighted by molar-refractivity contribution is -0.274. The Morgan fingerprint density at radius 2 is 1.89 bits per heavy atom. The second-order valence-corrected chi connectivity index (χ2v) is 9.29. The maximum absolute atomic E-state index is 13.0. The summed E-state index contributed by atoms with van der Waals surface area (Å²) in [5.74, 6) is -0.00886. The summed E-state index contributed by atoms with van der Waals surface area (Å²) in [6, 6.07) is 3.67. The van der Waals surface area contributed by atoms with Gasteiger partial charge in [-0.05, 0) is 38.7 Å². The number of halogens is 3. The predicted molar refractivity (Wildman–Crippen MR) is 135 cm³/mol. The number of aromatic hydroxyl groups is 1. The molecule has 0 bridgehead atoms. The van der Waals surface area contributed by atoms with Crippen molar-refractivity contribution in [1.82, 2.24) is 19.8 Å². The lowest BCUT2D eigenvalue weighted by Gasteiger charge is -2.38. The molecular weight excluding hydrogens is 505 g/mol. The van der Waals surface area contributed by atoms with Gasteiger partial charge in [-0.1, -0.05) is 6.58 Å². The molecule has 38 heavy (non-hydrogen) atoms. The zero-order valence-corrected chi connectivity index (χ0v) is 21.4. The van der Waals surface area contributed by atoms with Crippen LogP contribution in [0.3, 0.4) is 0 Å². The van der Waals surface area contributed by atoms with Crippen LogP contribution in [-0.2, 0) is 17.8 Å². The number of alkyl halides is 3. The molecule has 10 nitrogen and oxygen atoms in total. The van der Waals surface area contributed by atoms with Crippen molar-refractivity contribution < 1.29 is 32.5 Å². The Hall–Kier alpha value is -3.74. The van der Waals surface area contributed by atoms with E-state index in [9.17, 15) is 23.1 Å². The highest BCUT2D eigenvalue weighted by atomic mass is 19.4. The number of likely N-dealkylation sites (N-methyl/N-ethyl adjacent to an activating group) is 1. The summed E-state index contributed by atoms with van der Waals surface area (Å²) in [4.78, 5) is 28.8. The second-order valence-electron chi connectivity index (χ2n) is 9.29. The third-order valence-corrected chi connectivity index (χ3v) is 6.37. The molecule has 1 N–H and O–H groups in total. The SMILES string of the molecule is C=CC(=O)N1CCN(c2nc(OCCN(C)C)nc3c2CCN(c2cc(O)ccc2OC(F)(F)F)C3)CC1. The van der Waals surface area contributed by atoms with Crippen molar-refractivity contribution in [3.8, 4) is 17.5 Å². The van der Waals surface area contributed by atoms with E-state index < -0.39 is 12.1 Å². The molecule has 3 heterocycles. The van der Waals surface area contributed by atoms with Gasteiger partial charge in [-0.25, -0.2) is 0 Å². The molecule has 2 aromatic rings. The first kappa shape index (κ1) is 27.3. The Bertz CT molecular complexity index is 1170. The van der Waals surface area contributed by atoms with Crippen LogP contribution in [0.25, 0.3) is 0 Å². The highest BCUT2D eigenvalue weighted by Gasteiger charge is 2.34. The third kappa shape index (κ3) is 6.57. The normalized spacial score (nSPS) is 15.9. The minimum absolute atomic E-state index is 0.111. The molecule has 1 saturated heterocycles. The van der Waals surface area contributed by atoms with Crippen LogP contribution >= 0.6 is 0 Å². The number of carbonyl (C=O) groups is 1. The maximum atomic E-state index is 13.0. The number of anilines is 2. The quantitative estimate of drug-likeness (QED) is 0.511. The van der Waals surface area contributed by atoms with Crippen LogP contribution in [-0.4, -0.2) is 97.1 Å². The number of nitrogens with zero attached hydrogens (tertiary/aromatic N) is 6. The van der Waals surface area contributed by atoms with Gasteiger partial charge in [0.1, 0.15) is 18.2 Å². The molecule has 0 saturated carbocycles. The van der Waals surface area contributed by atoms with E-state index in [1.165, 1.54) is 12.1 Å². The zero-order valence-electron chi connectivity index (χ0n) is 21.4. The van der Waals surface area contributed by atoms with Gasteiger partial charge >= 0.3 is 12.4 Å². The van der Waals surface area contributed by atoms with Gasteiger partial charge in [-0.2, -0.15) is 9.97 Å². The predicted octanol–water partition coefficient (Wildman–Crippen LogP) is 2.42. The fraction of sp³-hybridized carbons (Fsp3) is 0.480. The molecule has 1 fully saturated rings. The molecule has 13 heteroatoms. The minimum Gasteiger partial charge on any atom is -0.508 e. The van der Waals surface area contributed by atoms with E-state index in [0.29, 0.717) is 63.8 Å². The number of benzene rings is 1. The molecule has 0 spiro atoms. The van der Waals surface area contributed by atoms with Crippen molar-refractivity contribution in [3.63, 3.8) is 0 Å². The first-order chi connectivity index (χ1) is 18.0. The van der Waals surface area contributed by atoms with E-state index in [4.69, 9.17) is 9.72 Å². The van der Waals surface area contributed by atoms with Crippen molar-refractivity contribution in [1.29, 1.82) is 0 Å². The number of phenolic OH excluding ortho intramolecular Hbond substituents is 1. The van der Waals surface area contributed by atoms with Gasteiger partial charge in [-0.3, -0.25) is 4.79 Å². The molecular formula is C25H31F3N6O4.